The molecule has 4 nitrogen and oxygen atoms in total. The number of thioether (sulfide) groups is 1. The second-order valence-electron chi connectivity index (χ2n) is 3.58. The summed E-state index contributed by atoms with van der Waals surface area (Å²) in [5, 5.41) is 9.65. The highest BCUT2D eigenvalue weighted by molar-refractivity contribution is 9.10. The molecule has 0 aliphatic carbocycles. The molecule has 0 amide bonds. The molecule has 0 radical (unpaired) electrons. The zero-order chi connectivity index (χ0) is 13.1. The van der Waals surface area contributed by atoms with E-state index >= 15 is 0 Å². The van der Waals surface area contributed by atoms with E-state index in [1.54, 1.807) is 12.3 Å². The van der Waals surface area contributed by atoms with Crippen LogP contribution in [0.5, 0.6) is 0 Å². The fourth-order valence-electron chi connectivity index (χ4n) is 1.36. The van der Waals surface area contributed by atoms with Gasteiger partial charge in [-0.15, -0.1) is 0 Å². The molecule has 6 heteroatoms. The van der Waals surface area contributed by atoms with Gasteiger partial charge in [0.15, 0.2) is 0 Å². The van der Waals surface area contributed by atoms with E-state index in [1.165, 1.54) is 17.8 Å². The summed E-state index contributed by atoms with van der Waals surface area (Å²) in [5.74, 6) is -0.469. The van der Waals surface area contributed by atoms with Gasteiger partial charge in [0, 0.05) is 10.7 Å². The summed E-state index contributed by atoms with van der Waals surface area (Å²) in [7, 11) is 0. The molecular weight excluding hydrogens is 318 g/mol. The predicted molar refractivity (Wildman–Crippen MR) is 71.9 cm³/mol. The van der Waals surface area contributed by atoms with Crippen molar-refractivity contribution in [3.05, 3.63) is 46.5 Å². The highest BCUT2D eigenvalue weighted by atomic mass is 79.9. The molecule has 0 aliphatic rings. The minimum Gasteiger partial charge on any atom is -0.475 e. The lowest BCUT2D eigenvalue weighted by Crippen LogP contribution is -1.92. The molecular formula is C12H10BrNO3S. The van der Waals surface area contributed by atoms with Crippen LogP contribution in [-0.2, 0) is 0 Å². The molecule has 1 atom stereocenters. The average molecular weight is 328 g/mol. The van der Waals surface area contributed by atoms with E-state index in [1.807, 2.05) is 19.1 Å². The summed E-state index contributed by atoms with van der Waals surface area (Å²) in [6, 6.07) is 6.95. The number of aromatic carboxylic acids is 1. The minimum atomic E-state index is -1.06. The molecule has 18 heavy (non-hydrogen) atoms. The number of pyridine rings is 1. The minimum absolute atomic E-state index is 0.00627. The van der Waals surface area contributed by atoms with Crippen LogP contribution >= 0.6 is 27.7 Å². The summed E-state index contributed by atoms with van der Waals surface area (Å²) in [4.78, 5) is 15.0. The topological polar surface area (TPSA) is 63.3 Å². The maximum Gasteiger partial charge on any atom is 0.371 e. The number of furan rings is 1. The fraction of sp³-hybridized carbons (Fsp3) is 0.167. The highest BCUT2D eigenvalue weighted by Gasteiger charge is 2.15. The molecule has 94 valence electrons. The van der Waals surface area contributed by atoms with Gasteiger partial charge in [0.25, 0.3) is 0 Å². The summed E-state index contributed by atoms with van der Waals surface area (Å²) in [6.07, 6.45) is 1.72. The van der Waals surface area contributed by atoms with Crippen molar-refractivity contribution in [1.82, 2.24) is 4.98 Å². The van der Waals surface area contributed by atoms with E-state index in [0.29, 0.717) is 5.76 Å². The third-order valence-corrected chi connectivity index (χ3v) is 3.77. The van der Waals surface area contributed by atoms with Gasteiger partial charge in [0.2, 0.25) is 5.76 Å². The van der Waals surface area contributed by atoms with Gasteiger partial charge in [0.05, 0.1) is 10.3 Å². The van der Waals surface area contributed by atoms with E-state index in [-0.39, 0.29) is 11.0 Å². The van der Waals surface area contributed by atoms with Gasteiger partial charge in [0.1, 0.15) is 5.76 Å². The molecule has 0 aliphatic heterocycles. The van der Waals surface area contributed by atoms with Gasteiger partial charge in [-0.2, -0.15) is 0 Å². The Morgan fingerprint density at radius 1 is 1.44 bits per heavy atom. The van der Waals surface area contributed by atoms with Crippen molar-refractivity contribution in [2.24, 2.45) is 0 Å². The van der Waals surface area contributed by atoms with Gasteiger partial charge in [-0.1, -0.05) is 11.8 Å². The zero-order valence-corrected chi connectivity index (χ0v) is 11.9. The molecule has 0 bridgehead atoms. The summed E-state index contributed by atoms with van der Waals surface area (Å²) in [5.41, 5.74) is 0. The van der Waals surface area contributed by atoms with Gasteiger partial charge in [-0.05, 0) is 47.1 Å². The summed E-state index contributed by atoms with van der Waals surface area (Å²) in [6.45, 7) is 1.94. The molecule has 0 aromatic carbocycles. The Hall–Kier alpha value is -1.27. The molecule has 1 N–H and O–H groups in total. The van der Waals surface area contributed by atoms with E-state index in [4.69, 9.17) is 9.52 Å². The lowest BCUT2D eigenvalue weighted by atomic mass is 10.3. The molecule has 0 fully saturated rings. The van der Waals surface area contributed by atoms with Crippen molar-refractivity contribution >= 4 is 33.7 Å². The van der Waals surface area contributed by atoms with Crippen molar-refractivity contribution in [3.63, 3.8) is 0 Å². The van der Waals surface area contributed by atoms with Crippen molar-refractivity contribution in [2.75, 3.05) is 0 Å². The number of carboxylic acids is 1. The number of carbonyl (C=O) groups is 1. The molecule has 0 saturated carbocycles. The lowest BCUT2D eigenvalue weighted by Gasteiger charge is -2.07. The Morgan fingerprint density at radius 3 is 2.78 bits per heavy atom. The first-order chi connectivity index (χ1) is 8.56. The molecule has 1 unspecified atom stereocenters. The van der Waals surface area contributed by atoms with Gasteiger partial charge < -0.3 is 9.52 Å². The standard InChI is InChI=1S/C12H10BrNO3S/c1-7(9-3-4-10(17-9)12(15)16)18-11-5-2-8(13)6-14-11/h2-7H,1H3,(H,15,16). The van der Waals surface area contributed by atoms with E-state index in [9.17, 15) is 4.79 Å². The van der Waals surface area contributed by atoms with Crippen molar-refractivity contribution in [3.8, 4) is 0 Å². The van der Waals surface area contributed by atoms with E-state index in [0.717, 1.165) is 9.50 Å². The Labute approximate surface area is 117 Å². The number of rotatable bonds is 4. The van der Waals surface area contributed by atoms with Crippen LogP contribution in [0.3, 0.4) is 0 Å². The smallest absolute Gasteiger partial charge is 0.371 e. The third kappa shape index (κ3) is 3.14. The second-order valence-corrected chi connectivity index (χ2v) is 5.86. The van der Waals surface area contributed by atoms with Crippen LogP contribution in [0.25, 0.3) is 0 Å². The number of hydrogen-bond acceptors (Lipinski definition) is 4. The molecule has 2 rings (SSSR count). The summed E-state index contributed by atoms with van der Waals surface area (Å²) >= 11 is 4.83. The first-order valence-electron chi connectivity index (χ1n) is 5.17. The highest BCUT2D eigenvalue weighted by Crippen LogP contribution is 2.34. The van der Waals surface area contributed by atoms with Crippen LogP contribution in [0.4, 0.5) is 0 Å². The SMILES string of the molecule is CC(Sc1ccc(Br)cn1)c1ccc(C(=O)O)o1. The first-order valence-corrected chi connectivity index (χ1v) is 6.85. The first kappa shape index (κ1) is 13.2. The molecule has 2 heterocycles. The van der Waals surface area contributed by atoms with E-state index in [2.05, 4.69) is 20.9 Å². The van der Waals surface area contributed by atoms with Gasteiger partial charge >= 0.3 is 5.97 Å². The van der Waals surface area contributed by atoms with Crippen molar-refractivity contribution in [1.29, 1.82) is 0 Å². The van der Waals surface area contributed by atoms with Crippen LogP contribution < -0.4 is 0 Å². The number of carboxylic acid groups (broad SMARTS) is 1. The van der Waals surface area contributed by atoms with Crippen LogP contribution in [-0.4, -0.2) is 16.1 Å². The number of nitrogens with zero attached hydrogens (tertiary/aromatic N) is 1. The maximum absolute atomic E-state index is 10.7. The van der Waals surface area contributed by atoms with Crippen molar-refractivity contribution < 1.29 is 14.3 Å². The third-order valence-electron chi connectivity index (χ3n) is 2.24. The lowest BCUT2D eigenvalue weighted by molar-refractivity contribution is 0.0660. The predicted octanol–water partition coefficient (Wildman–Crippen LogP) is 3.99. The zero-order valence-electron chi connectivity index (χ0n) is 9.46. The van der Waals surface area contributed by atoms with Crippen molar-refractivity contribution in [2.45, 2.75) is 17.2 Å². The monoisotopic (exact) mass is 327 g/mol. The second kappa shape index (κ2) is 5.58. The molecule has 2 aromatic rings. The Bertz CT molecular complexity index is 553. The van der Waals surface area contributed by atoms with Crippen LogP contribution in [0.1, 0.15) is 28.5 Å². The number of hydrogen-bond donors (Lipinski definition) is 1. The maximum atomic E-state index is 10.7. The van der Waals surface area contributed by atoms with Crippen LogP contribution in [0.15, 0.2) is 44.4 Å². The Balaban J connectivity index is 2.09. The molecule has 2 aromatic heterocycles. The van der Waals surface area contributed by atoms with Gasteiger partial charge in [-0.25, -0.2) is 9.78 Å². The number of aromatic nitrogens is 1. The Morgan fingerprint density at radius 2 is 2.22 bits per heavy atom. The quantitative estimate of drug-likeness (QED) is 0.860. The van der Waals surface area contributed by atoms with Gasteiger partial charge in [-0.3, -0.25) is 0 Å². The average Bonchev–Trinajstić information content (AvgIpc) is 2.81. The largest absolute Gasteiger partial charge is 0.475 e. The normalized spacial score (nSPS) is 12.3. The number of halogens is 1. The van der Waals surface area contributed by atoms with Crippen LogP contribution in [0, 0.1) is 0 Å². The van der Waals surface area contributed by atoms with E-state index < -0.39 is 5.97 Å². The summed E-state index contributed by atoms with van der Waals surface area (Å²) < 4.78 is 6.17. The fourth-order valence-corrected chi connectivity index (χ4v) is 2.46. The molecule has 0 saturated heterocycles. The Kier molecular flexibility index (Phi) is 4.08. The molecule has 0 spiro atoms. The van der Waals surface area contributed by atoms with Crippen LogP contribution in [0.2, 0.25) is 0 Å².